The Balaban J connectivity index is 1.50. The molecule has 9 N–H and O–H groups in total. The van der Waals surface area contributed by atoms with E-state index in [0.29, 0.717) is 53.9 Å². The highest BCUT2D eigenvalue weighted by Crippen LogP contribution is 2.31. The highest BCUT2D eigenvalue weighted by molar-refractivity contribution is 7.88. The van der Waals surface area contributed by atoms with Crippen LogP contribution in [0.25, 0.3) is 28.0 Å². The van der Waals surface area contributed by atoms with Crippen molar-refractivity contribution in [3.05, 3.63) is 81.1 Å². The maximum atomic E-state index is 15.1. The van der Waals surface area contributed by atoms with Gasteiger partial charge in [0, 0.05) is 48.9 Å². The summed E-state index contributed by atoms with van der Waals surface area (Å²) in [5.41, 5.74) is 14.2. The fraction of sp³-hybridized carbons (Fsp3) is 0.367. The van der Waals surface area contributed by atoms with Crippen molar-refractivity contribution in [2.75, 3.05) is 19.3 Å². The lowest BCUT2D eigenvalue weighted by atomic mass is 10.0. The highest BCUT2D eigenvalue weighted by atomic mass is 35.5. The van der Waals surface area contributed by atoms with Crippen molar-refractivity contribution >= 4 is 38.6 Å². The monoisotopic (exact) mass is 659 g/mol. The molecule has 12 nitrogen and oxygen atoms in total. The van der Waals surface area contributed by atoms with Crippen molar-refractivity contribution in [1.29, 1.82) is 5.41 Å². The number of fused-ring (bicyclic) bond motifs is 1. The molecule has 2 aromatic carbocycles. The zero-order valence-electron chi connectivity index (χ0n) is 25.2. The van der Waals surface area contributed by atoms with Gasteiger partial charge < -0.3 is 27.1 Å². The van der Waals surface area contributed by atoms with Crippen LogP contribution in [0.5, 0.6) is 0 Å². The van der Waals surface area contributed by atoms with Crippen molar-refractivity contribution in [2.45, 2.75) is 51.2 Å². The standard InChI is InChI=1S/C30H39ClFN9O3S/c1-18(33)4-3-5-20-12-24(27(32)25(31)13-20)26-14-21-17-41(30(42)40-28(21)39-26)23-8-6-19(7-9-23)15-37-22(10-11-36-29(34)35)16-38-45(2,43)44/h6-9,12-14,17-18,22,37-38H,3-5,10-11,15-16,33H2,1-2H3,(H4,34,35,36)(H,39,40,42)/t18-,22+/m0/s1. The number of nitrogens with zero attached hydrogens (tertiary/aromatic N) is 2. The molecular formula is C30H39ClFN9O3S. The summed E-state index contributed by atoms with van der Waals surface area (Å²) < 4.78 is 42.2. The number of nitrogens with two attached hydrogens (primary N) is 2. The molecule has 0 saturated carbocycles. The van der Waals surface area contributed by atoms with Gasteiger partial charge in [-0.05, 0) is 74.1 Å². The Morgan fingerprint density at radius 1 is 1.18 bits per heavy atom. The minimum Gasteiger partial charge on any atom is -0.370 e. The molecule has 0 fully saturated rings. The average Bonchev–Trinajstić information content (AvgIpc) is 3.37. The molecule has 2 atom stereocenters. The number of halogens is 2. The van der Waals surface area contributed by atoms with Crippen LogP contribution in [0.3, 0.4) is 0 Å². The predicted molar refractivity (Wildman–Crippen MR) is 177 cm³/mol. The summed E-state index contributed by atoms with van der Waals surface area (Å²) in [4.78, 5) is 20.2. The molecule has 242 valence electrons. The van der Waals surface area contributed by atoms with Gasteiger partial charge in [0.2, 0.25) is 10.0 Å². The van der Waals surface area contributed by atoms with Gasteiger partial charge in [0.1, 0.15) is 5.65 Å². The first-order valence-electron chi connectivity index (χ1n) is 14.5. The Bertz CT molecular complexity index is 1810. The number of aryl methyl sites for hydroxylation is 1. The van der Waals surface area contributed by atoms with Crippen LogP contribution in [0.2, 0.25) is 5.02 Å². The molecule has 4 aromatic rings. The Morgan fingerprint density at radius 3 is 2.58 bits per heavy atom. The van der Waals surface area contributed by atoms with Gasteiger partial charge in [-0.25, -0.2) is 22.3 Å². The minimum atomic E-state index is -3.37. The van der Waals surface area contributed by atoms with E-state index in [1.165, 1.54) is 4.57 Å². The van der Waals surface area contributed by atoms with Crippen molar-refractivity contribution in [3.63, 3.8) is 0 Å². The minimum absolute atomic E-state index is 0.0229. The maximum Gasteiger partial charge on any atom is 0.354 e. The number of hydrogen-bond donors (Lipinski definition) is 7. The lowest BCUT2D eigenvalue weighted by Gasteiger charge is -2.19. The maximum absolute atomic E-state index is 15.1. The van der Waals surface area contributed by atoms with Crippen LogP contribution in [0.15, 0.2) is 53.5 Å². The normalized spacial score (nSPS) is 13.2. The van der Waals surface area contributed by atoms with Crippen LogP contribution in [-0.4, -0.2) is 60.3 Å². The molecule has 0 amide bonds. The molecule has 2 heterocycles. The third-order valence-corrected chi connectivity index (χ3v) is 8.19. The molecule has 0 unspecified atom stereocenters. The summed E-state index contributed by atoms with van der Waals surface area (Å²) in [5, 5.41) is 14.0. The zero-order chi connectivity index (χ0) is 32.7. The average molecular weight is 660 g/mol. The van der Waals surface area contributed by atoms with E-state index in [0.717, 1.165) is 30.2 Å². The second kappa shape index (κ2) is 15.0. The fourth-order valence-corrected chi connectivity index (χ4v) is 5.63. The first-order chi connectivity index (χ1) is 21.3. The quantitative estimate of drug-likeness (QED) is 0.0747. The zero-order valence-corrected chi connectivity index (χ0v) is 26.7. The van der Waals surface area contributed by atoms with Gasteiger partial charge in [-0.1, -0.05) is 23.7 Å². The molecule has 4 rings (SSSR count). The van der Waals surface area contributed by atoms with E-state index < -0.39 is 21.5 Å². The molecule has 0 radical (unpaired) electrons. The summed E-state index contributed by atoms with van der Waals surface area (Å²) in [6, 6.07) is 12.3. The van der Waals surface area contributed by atoms with E-state index in [2.05, 4.69) is 25.3 Å². The summed E-state index contributed by atoms with van der Waals surface area (Å²) in [6.45, 7) is 2.95. The first-order valence-corrected chi connectivity index (χ1v) is 16.8. The van der Waals surface area contributed by atoms with Crippen LogP contribution < -0.4 is 32.5 Å². The number of aromatic nitrogens is 3. The summed E-state index contributed by atoms with van der Waals surface area (Å²) in [7, 11) is -3.37. The van der Waals surface area contributed by atoms with Crippen LogP contribution in [-0.2, 0) is 23.0 Å². The van der Waals surface area contributed by atoms with E-state index in [1.54, 1.807) is 36.5 Å². The van der Waals surface area contributed by atoms with Gasteiger partial charge in [-0.15, -0.1) is 0 Å². The third-order valence-electron chi connectivity index (χ3n) is 7.22. The second-order valence-corrected chi connectivity index (χ2v) is 13.4. The van der Waals surface area contributed by atoms with Gasteiger partial charge in [-0.3, -0.25) is 9.98 Å². The lowest BCUT2D eigenvalue weighted by molar-refractivity contribution is 0.468. The Labute approximate surface area is 266 Å². The van der Waals surface area contributed by atoms with Gasteiger partial charge in [0.25, 0.3) is 0 Å². The molecule has 0 spiro atoms. The van der Waals surface area contributed by atoms with Crippen LogP contribution in [0.1, 0.15) is 37.3 Å². The van der Waals surface area contributed by atoms with Crippen LogP contribution in [0, 0.1) is 11.2 Å². The largest absolute Gasteiger partial charge is 0.370 e. The van der Waals surface area contributed by atoms with Crippen molar-refractivity contribution in [2.24, 2.45) is 11.5 Å². The van der Waals surface area contributed by atoms with Crippen LogP contribution in [0.4, 0.5) is 4.39 Å². The summed E-state index contributed by atoms with van der Waals surface area (Å²) >= 11 is 6.23. The number of sulfonamides is 1. The van der Waals surface area contributed by atoms with Gasteiger partial charge in [0.15, 0.2) is 11.8 Å². The summed E-state index contributed by atoms with van der Waals surface area (Å²) in [6.07, 6.45) is 5.66. The van der Waals surface area contributed by atoms with Gasteiger partial charge >= 0.3 is 5.69 Å². The van der Waals surface area contributed by atoms with Gasteiger partial charge in [-0.2, -0.15) is 4.98 Å². The molecule has 0 aliphatic heterocycles. The van der Waals surface area contributed by atoms with Crippen molar-refractivity contribution < 1.29 is 12.8 Å². The number of guanidine groups is 1. The van der Waals surface area contributed by atoms with E-state index in [9.17, 15) is 13.2 Å². The molecule has 0 aliphatic carbocycles. The number of H-pyrrole nitrogens is 1. The van der Waals surface area contributed by atoms with E-state index >= 15 is 4.39 Å². The Hall–Kier alpha value is -3.82. The lowest BCUT2D eigenvalue weighted by Crippen LogP contribution is -2.43. The Kier molecular flexibility index (Phi) is 11.3. The van der Waals surface area contributed by atoms with Gasteiger partial charge in [0.05, 0.1) is 22.7 Å². The number of hydrogen-bond acceptors (Lipinski definition) is 7. The van der Waals surface area contributed by atoms with Crippen molar-refractivity contribution in [1.82, 2.24) is 29.9 Å². The SMILES string of the molecule is C[C@H](N)CCCc1cc(Cl)c(F)c(-c2cc3cn(-c4ccc(CN[C@H](CCNC(=N)N)CNS(C)(=O)=O)cc4)c(=O)nc3[nH]2)c1. The fourth-order valence-electron chi connectivity index (χ4n) is 4.88. The number of rotatable bonds is 15. The highest BCUT2D eigenvalue weighted by Gasteiger charge is 2.16. The topological polar surface area (TPSA) is 197 Å². The smallest absolute Gasteiger partial charge is 0.354 e. The summed E-state index contributed by atoms with van der Waals surface area (Å²) in [5.74, 6) is -0.711. The molecule has 0 bridgehead atoms. The molecule has 0 aliphatic rings. The van der Waals surface area contributed by atoms with E-state index in [4.69, 9.17) is 28.5 Å². The predicted octanol–water partition coefficient (Wildman–Crippen LogP) is 2.72. The number of nitrogens with one attached hydrogen (secondary N) is 5. The molecule has 45 heavy (non-hydrogen) atoms. The molecular weight excluding hydrogens is 621 g/mol. The number of aromatic amines is 1. The van der Waals surface area contributed by atoms with Crippen molar-refractivity contribution in [3.8, 4) is 16.9 Å². The first kappa shape index (κ1) is 34.1. The van der Waals surface area contributed by atoms with Crippen LogP contribution >= 0.6 is 11.6 Å². The third kappa shape index (κ3) is 9.83. The van der Waals surface area contributed by atoms with E-state index in [-0.39, 0.29) is 29.6 Å². The second-order valence-electron chi connectivity index (χ2n) is 11.2. The van der Waals surface area contributed by atoms with E-state index in [1.807, 2.05) is 19.1 Å². The molecule has 15 heteroatoms. The Morgan fingerprint density at radius 2 is 1.91 bits per heavy atom. The number of benzene rings is 2. The molecule has 0 saturated heterocycles. The molecule has 2 aromatic heterocycles.